The van der Waals surface area contributed by atoms with Gasteiger partial charge in [0.1, 0.15) is 5.82 Å². The molecule has 2 atom stereocenters. The van der Waals surface area contributed by atoms with Crippen molar-refractivity contribution < 1.29 is 0 Å². The Kier molecular flexibility index (Phi) is 4.32. The number of hydrogen-bond acceptors (Lipinski definition) is 4. The monoisotopic (exact) mass is 307 g/mol. The van der Waals surface area contributed by atoms with E-state index in [1.165, 1.54) is 19.3 Å². The highest BCUT2D eigenvalue weighted by Crippen LogP contribution is 2.33. The van der Waals surface area contributed by atoms with Crippen LogP contribution in [0, 0.1) is 0 Å². The topological polar surface area (TPSA) is 37.8 Å². The molecule has 1 saturated carbocycles. The van der Waals surface area contributed by atoms with Gasteiger partial charge in [-0.05, 0) is 42.3 Å². The van der Waals surface area contributed by atoms with E-state index < -0.39 is 0 Å². The number of fused-ring (bicyclic) bond motifs is 1. The fourth-order valence-corrected chi connectivity index (χ4v) is 4.21. The number of thioether (sulfide) groups is 1. The highest BCUT2D eigenvalue weighted by molar-refractivity contribution is 7.99. The quantitative estimate of drug-likeness (QED) is 0.851. The van der Waals surface area contributed by atoms with E-state index in [-0.39, 0.29) is 0 Å². The molecule has 1 heterocycles. The molecule has 0 amide bonds. The number of aromatic nitrogens is 2. The molecule has 106 valence electrons. The van der Waals surface area contributed by atoms with Gasteiger partial charge in [0, 0.05) is 16.7 Å². The average Bonchev–Trinajstić information content (AvgIpc) is 2.86. The first kappa shape index (κ1) is 14.0. The Bertz CT molecular complexity index is 605. The molecule has 0 saturated heterocycles. The molecule has 3 rings (SSSR count). The van der Waals surface area contributed by atoms with E-state index in [4.69, 9.17) is 11.6 Å². The van der Waals surface area contributed by atoms with Crippen molar-refractivity contribution in [3.8, 4) is 0 Å². The van der Waals surface area contributed by atoms with Gasteiger partial charge in [-0.1, -0.05) is 25.5 Å². The van der Waals surface area contributed by atoms with Crippen LogP contribution in [-0.4, -0.2) is 27.0 Å². The lowest BCUT2D eigenvalue weighted by molar-refractivity contribution is 0.763. The summed E-state index contributed by atoms with van der Waals surface area (Å²) in [7, 11) is 0. The van der Waals surface area contributed by atoms with Crippen LogP contribution >= 0.6 is 23.4 Å². The van der Waals surface area contributed by atoms with Gasteiger partial charge in [-0.2, -0.15) is 11.8 Å². The molecule has 1 aromatic heterocycles. The van der Waals surface area contributed by atoms with Crippen molar-refractivity contribution >= 4 is 40.1 Å². The van der Waals surface area contributed by atoms with Crippen LogP contribution in [-0.2, 0) is 0 Å². The minimum Gasteiger partial charge on any atom is -0.366 e. The second-order valence-electron chi connectivity index (χ2n) is 5.03. The summed E-state index contributed by atoms with van der Waals surface area (Å²) in [6, 6.07) is 8.49. The Morgan fingerprint density at radius 1 is 1.30 bits per heavy atom. The third-order valence-electron chi connectivity index (χ3n) is 3.73. The molecule has 20 heavy (non-hydrogen) atoms. The molecule has 2 aromatic rings. The first-order valence-electron chi connectivity index (χ1n) is 7.08. The zero-order valence-electron chi connectivity index (χ0n) is 11.5. The van der Waals surface area contributed by atoms with Crippen molar-refractivity contribution in [1.82, 2.24) is 9.97 Å². The number of anilines is 1. The third kappa shape index (κ3) is 2.86. The lowest BCUT2D eigenvalue weighted by Crippen LogP contribution is -2.26. The number of benzene rings is 1. The fourth-order valence-electron chi connectivity index (χ4n) is 2.84. The first-order valence-corrected chi connectivity index (χ1v) is 8.51. The van der Waals surface area contributed by atoms with Crippen LogP contribution in [0.25, 0.3) is 10.9 Å². The van der Waals surface area contributed by atoms with Crippen LogP contribution in [0.4, 0.5) is 5.82 Å². The van der Waals surface area contributed by atoms with Crippen LogP contribution in [0.3, 0.4) is 0 Å². The standard InChI is InChI=1S/C15H18ClN3S/c1-2-20-13-9-5-8-12(13)17-14-10-6-3-4-7-11(10)18-15(16)19-14/h3-4,6-7,12-13H,2,5,8-9H2,1H3,(H,17,18,19). The predicted molar refractivity (Wildman–Crippen MR) is 87.7 cm³/mol. The first-order chi connectivity index (χ1) is 9.78. The second kappa shape index (κ2) is 6.19. The molecular weight excluding hydrogens is 290 g/mol. The summed E-state index contributed by atoms with van der Waals surface area (Å²) in [6.45, 7) is 2.22. The molecule has 1 N–H and O–H groups in total. The Balaban J connectivity index is 1.90. The minimum absolute atomic E-state index is 0.309. The van der Waals surface area contributed by atoms with Crippen molar-refractivity contribution in [2.75, 3.05) is 11.1 Å². The van der Waals surface area contributed by atoms with E-state index in [0.29, 0.717) is 16.6 Å². The summed E-state index contributed by atoms with van der Waals surface area (Å²) in [5.74, 6) is 2.03. The zero-order valence-corrected chi connectivity index (χ0v) is 13.0. The van der Waals surface area contributed by atoms with E-state index in [1.54, 1.807) is 0 Å². The predicted octanol–water partition coefficient (Wildman–Crippen LogP) is 4.37. The second-order valence-corrected chi connectivity index (χ2v) is 6.89. The molecule has 1 aliphatic rings. The Morgan fingerprint density at radius 3 is 3.00 bits per heavy atom. The van der Waals surface area contributed by atoms with Gasteiger partial charge < -0.3 is 5.32 Å². The SMILES string of the molecule is CCSC1CCCC1Nc1nc(Cl)nc2ccccc12. The van der Waals surface area contributed by atoms with Crippen LogP contribution in [0.1, 0.15) is 26.2 Å². The van der Waals surface area contributed by atoms with Gasteiger partial charge in [0.25, 0.3) is 0 Å². The van der Waals surface area contributed by atoms with Gasteiger partial charge in [-0.15, -0.1) is 0 Å². The maximum Gasteiger partial charge on any atom is 0.224 e. The smallest absolute Gasteiger partial charge is 0.224 e. The van der Waals surface area contributed by atoms with Crippen LogP contribution in [0.15, 0.2) is 24.3 Å². The summed E-state index contributed by atoms with van der Waals surface area (Å²) in [5.41, 5.74) is 0.896. The zero-order chi connectivity index (χ0) is 13.9. The van der Waals surface area contributed by atoms with Crippen molar-refractivity contribution in [2.24, 2.45) is 0 Å². The van der Waals surface area contributed by atoms with Gasteiger partial charge in [-0.25, -0.2) is 9.97 Å². The van der Waals surface area contributed by atoms with Gasteiger partial charge in [0.15, 0.2) is 0 Å². The van der Waals surface area contributed by atoms with E-state index in [0.717, 1.165) is 22.5 Å². The number of hydrogen-bond donors (Lipinski definition) is 1. The highest BCUT2D eigenvalue weighted by atomic mass is 35.5. The molecule has 3 nitrogen and oxygen atoms in total. The summed E-state index contributed by atoms with van der Waals surface area (Å²) >= 11 is 8.08. The van der Waals surface area contributed by atoms with Crippen molar-refractivity contribution in [1.29, 1.82) is 0 Å². The van der Waals surface area contributed by atoms with E-state index in [1.807, 2.05) is 36.0 Å². The van der Waals surface area contributed by atoms with Crippen LogP contribution in [0.5, 0.6) is 0 Å². The van der Waals surface area contributed by atoms with Crippen LogP contribution in [0.2, 0.25) is 5.28 Å². The highest BCUT2D eigenvalue weighted by Gasteiger charge is 2.27. The number of rotatable bonds is 4. The Hall–Kier alpha value is -1.00. The number of para-hydroxylation sites is 1. The molecule has 0 radical (unpaired) electrons. The van der Waals surface area contributed by atoms with Gasteiger partial charge in [0.2, 0.25) is 5.28 Å². The number of nitrogens with one attached hydrogen (secondary N) is 1. The molecule has 1 aromatic carbocycles. The van der Waals surface area contributed by atoms with E-state index in [2.05, 4.69) is 22.2 Å². The van der Waals surface area contributed by atoms with E-state index in [9.17, 15) is 0 Å². The van der Waals surface area contributed by atoms with Crippen molar-refractivity contribution in [3.63, 3.8) is 0 Å². The molecule has 5 heteroatoms. The molecule has 0 bridgehead atoms. The number of nitrogens with zero attached hydrogens (tertiary/aromatic N) is 2. The van der Waals surface area contributed by atoms with Crippen molar-refractivity contribution in [3.05, 3.63) is 29.5 Å². The van der Waals surface area contributed by atoms with Crippen LogP contribution < -0.4 is 5.32 Å². The third-order valence-corrected chi connectivity index (χ3v) is 5.23. The van der Waals surface area contributed by atoms with Gasteiger partial charge in [0.05, 0.1) is 5.52 Å². The Morgan fingerprint density at radius 2 is 2.15 bits per heavy atom. The molecule has 0 spiro atoms. The van der Waals surface area contributed by atoms with E-state index >= 15 is 0 Å². The van der Waals surface area contributed by atoms with Gasteiger partial charge >= 0.3 is 0 Å². The molecule has 2 unspecified atom stereocenters. The summed E-state index contributed by atoms with van der Waals surface area (Å²) in [5, 5.41) is 5.63. The summed E-state index contributed by atoms with van der Waals surface area (Å²) in [6.07, 6.45) is 3.77. The maximum absolute atomic E-state index is 6.04. The summed E-state index contributed by atoms with van der Waals surface area (Å²) < 4.78 is 0. The minimum atomic E-state index is 0.309. The number of halogens is 1. The molecular formula is C15H18ClN3S. The largest absolute Gasteiger partial charge is 0.366 e. The average molecular weight is 308 g/mol. The molecule has 1 fully saturated rings. The lowest BCUT2D eigenvalue weighted by Gasteiger charge is -2.21. The van der Waals surface area contributed by atoms with Crippen molar-refractivity contribution in [2.45, 2.75) is 37.5 Å². The normalized spacial score (nSPS) is 22.3. The molecule has 1 aliphatic carbocycles. The van der Waals surface area contributed by atoms with Gasteiger partial charge in [-0.3, -0.25) is 0 Å². The molecule has 0 aliphatic heterocycles. The summed E-state index contributed by atoms with van der Waals surface area (Å²) in [4.78, 5) is 8.67. The lowest BCUT2D eigenvalue weighted by atomic mass is 10.2. The fraction of sp³-hybridized carbons (Fsp3) is 0.467. The maximum atomic E-state index is 6.04. The Labute approximate surface area is 128 Å².